The highest BCUT2D eigenvalue weighted by Gasteiger charge is 2.32. The fraction of sp³-hybridized carbons (Fsp3) is 0.647. The number of carbonyl (C=O) groups excluding carboxylic acids is 2. The molecule has 0 unspecified atom stereocenters. The van der Waals surface area contributed by atoms with Crippen LogP contribution >= 0.6 is 0 Å². The molecule has 25 heavy (non-hydrogen) atoms. The van der Waals surface area contributed by atoms with Crippen LogP contribution in [0.5, 0.6) is 0 Å². The zero-order valence-corrected chi connectivity index (χ0v) is 15.3. The maximum Gasteiger partial charge on any atom is 0.348 e. The molecule has 2 heterocycles. The molecule has 1 aliphatic heterocycles. The maximum atomic E-state index is 12.2. The molecule has 0 aromatic carbocycles. The van der Waals surface area contributed by atoms with Crippen LogP contribution in [0.4, 0.5) is 0 Å². The second-order valence-electron chi connectivity index (χ2n) is 6.67. The van der Waals surface area contributed by atoms with E-state index in [2.05, 4.69) is 15.6 Å². The van der Waals surface area contributed by atoms with Gasteiger partial charge in [-0.2, -0.15) is 4.98 Å². The Balaban J connectivity index is 1.90. The average molecular weight is 349 g/mol. The van der Waals surface area contributed by atoms with Crippen molar-refractivity contribution in [2.24, 2.45) is 0 Å². The van der Waals surface area contributed by atoms with Crippen LogP contribution < -0.4 is 16.3 Å². The van der Waals surface area contributed by atoms with Gasteiger partial charge in [0.2, 0.25) is 11.8 Å². The van der Waals surface area contributed by atoms with Gasteiger partial charge in [0.15, 0.2) is 0 Å². The fourth-order valence-corrected chi connectivity index (χ4v) is 3.16. The Bertz CT molecular complexity index is 698. The normalized spacial score (nSPS) is 18.3. The summed E-state index contributed by atoms with van der Waals surface area (Å²) in [6.45, 7) is 9.67. The van der Waals surface area contributed by atoms with Gasteiger partial charge in [0.1, 0.15) is 0 Å². The molecule has 138 valence electrons. The highest BCUT2D eigenvalue weighted by atomic mass is 16.2. The number of rotatable bonds is 6. The van der Waals surface area contributed by atoms with E-state index in [0.29, 0.717) is 25.3 Å². The smallest absolute Gasteiger partial charge is 0.348 e. The van der Waals surface area contributed by atoms with Crippen molar-refractivity contribution in [3.05, 3.63) is 27.9 Å². The number of carbonyl (C=O) groups is 2. The van der Waals surface area contributed by atoms with Gasteiger partial charge in [0.25, 0.3) is 0 Å². The van der Waals surface area contributed by atoms with Crippen molar-refractivity contribution in [2.75, 3.05) is 19.6 Å². The van der Waals surface area contributed by atoms with E-state index in [9.17, 15) is 14.4 Å². The average Bonchev–Trinajstić information content (AvgIpc) is 2.51. The van der Waals surface area contributed by atoms with Crippen LogP contribution in [0.25, 0.3) is 0 Å². The molecule has 1 fully saturated rings. The predicted molar refractivity (Wildman–Crippen MR) is 94.2 cm³/mol. The highest BCUT2D eigenvalue weighted by molar-refractivity contribution is 5.88. The van der Waals surface area contributed by atoms with Crippen LogP contribution in [-0.4, -0.2) is 58.0 Å². The lowest BCUT2D eigenvalue weighted by Crippen LogP contribution is -2.58. The number of amides is 2. The van der Waals surface area contributed by atoms with Crippen LogP contribution in [-0.2, 0) is 16.1 Å². The summed E-state index contributed by atoms with van der Waals surface area (Å²) in [6.07, 6.45) is 0.115. The Morgan fingerprint density at radius 1 is 1.40 bits per heavy atom. The number of nitrogens with zero attached hydrogens (tertiary/aromatic N) is 3. The molecular weight excluding hydrogens is 322 g/mol. The number of piperazine rings is 1. The van der Waals surface area contributed by atoms with Crippen molar-refractivity contribution >= 4 is 11.8 Å². The molecule has 1 atom stereocenters. The summed E-state index contributed by atoms with van der Waals surface area (Å²) < 4.78 is 1.53. The van der Waals surface area contributed by atoms with E-state index in [1.807, 2.05) is 31.7 Å². The summed E-state index contributed by atoms with van der Waals surface area (Å²) in [5.41, 5.74) is 1.17. The van der Waals surface area contributed by atoms with Gasteiger partial charge in [-0.3, -0.25) is 19.1 Å². The van der Waals surface area contributed by atoms with Gasteiger partial charge in [-0.1, -0.05) is 0 Å². The Kier molecular flexibility index (Phi) is 6.30. The minimum absolute atomic E-state index is 0.107. The van der Waals surface area contributed by atoms with Gasteiger partial charge < -0.3 is 10.6 Å². The van der Waals surface area contributed by atoms with E-state index in [4.69, 9.17) is 0 Å². The first kappa shape index (κ1) is 19.1. The summed E-state index contributed by atoms with van der Waals surface area (Å²) >= 11 is 0. The zero-order valence-electron chi connectivity index (χ0n) is 15.3. The second kappa shape index (κ2) is 8.24. The lowest BCUT2D eigenvalue weighted by molar-refractivity contribution is -0.134. The van der Waals surface area contributed by atoms with Crippen LogP contribution in [0.3, 0.4) is 0 Å². The van der Waals surface area contributed by atoms with Crippen LogP contribution in [0.15, 0.2) is 10.9 Å². The van der Waals surface area contributed by atoms with Crippen molar-refractivity contribution in [2.45, 2.75) is 52.7 Å². The molecule has 0 bridgehead atoms. The molecule has 2 rings (SSSR count). The number of aryl methyl sites for hydroxylation is 2. The number of hydrogen-bond acceptors (Lipinski definition) is 5. The summed E-state index contributed by atoms with van der Waals surface area (Å²) in [5, 5.41) is 5.60. The molecule has 2 N–H and O–H groups in total. The first-order valence-electron chi connectivity index (χ1n) is 8.65. The van der Waals surface area contributed by atoms with E-state index in [1.165, 1.54) is 4.57 Å². The monoisotopic (exact) mass is 349 g/mol. The minimum atomic E-state index is -0.445. The molecule has 1 aromatic heterocycles. The molecule has 0 aliphatic carbocycles. The first-order chi connectivity index (χ1) is 11.8. The topological polar surface area (TPSA) is 96.3 Å². The van der Waals surface area contributed by atoms with E-state index >= 15 is 0 Å². The predicted octanol–water partition coefficient (Wildman–Crippen LogP) is -0.425. The quantitative estimate of drug-likeness (QED) is 0.727. The third kappa shape index (κ3) is 4.88. The van der Waals surface area contributed by atoms with Gasteiger partial charge >= 0.3 is 5.69 Å². The third-order valence-corrected chi connectivity index (χ3v) is 4.42. The summed E-state index contributed by atoms with van der Waals surface area (Å²) in [6, 6.07) is 1.58. The SMILES string of the molecule is Cc1cc(C)n(CCNC(=O)C[C@@H]2C(=O)NCCN2C(C)C)c(=O)n1. The molecule has 8 heteroatoms. The minimum Gasteiger partial charge on any atom is -0.354 e. The Morgan fingerprint density at radius 2 is 2.12 bits per heavy atom. The molecule has 0 spiro atoms. The van der Waals surface area contributed by atoms with Crippen molar-refractivity contribution in [3.8, 4) is 0 Å². The highest BCUT2D eigenvalue weighted by Crippen LogP contribution is 2.12. The lowest BCUT2D eigenvalue weighted by Gasteiger charge is -2.37. The molecule has 1 saturated heterocycles. The van der Waals surface area contributed by atoms with E-state index in [1.54, 1.807) is 6.92 Å². The lowest BCUT2D eigenvalue weighted by atomic mass is 10.1. The number of aromatic nitrogens is 2. The van der Waals surface area contributed by atoms with Gasteiger partial charge in [-0.15, -0.1) is 0 Å². The number of nitrogens with one attached hydrogen (secondary N) is 2. The van der Waals surface area contributed by atoms with Crippen LogP contribution in [0, 0.1) is 13.8 Å². The Morgan fingerprint density at radius 3 is 2.76 bits per heavy atom. The summed E-state index contributed by atoms with van der Waals surface area (Å²) in [7, 11) is 0. The zero-order chi connectivity index (χ0) is 18.6. The van der Waals surface area contributed by atoms with Gasteiger partial charge in [-0.25, -0.2) is 4.79 Å². The van der Waals surface area contributed by atoms with E-state index in [-0.39, 0.29) is 30.0 Å². The standard InChI is InChI=1S/C17H27N5O3/c1-11(2)21-7-6-19-16(24)14(21)10-15(23)18-5-8-22-13(4)9-12(3)20-17(22)25/h9,11,14H,5-8,10H2,1-4H3,(H,18,23)(H,19,24)/t14-/m1/s1. The summed E-state index contributed by atoms with van der Waals surface area (Å²) in [5.74, 6) is -0.302. The van der Waals surface area contributed by atoms with Gasteiger partial charge in [0.05, 0.1) is 12.5 Å². The Hall–Kier alpha value is -2.22. The molecule has 8 nitrogen and oxygen atoms in total. The molecule has 1 aromatic rings. The first-order valence-corrected chi connectivity index (χ1v) is 8.65. The van der Waals surface area contributed by atoms with E-state index in [0.717, 1.165) is 12.2 Å². The third-order valence-electron chi connectivity index (χ3n) is 4.42. The molecule has 0 saturated carbocycles. The largest absolute Gasteiger partial charge is 0.354 e. The van der Waals surface area contributed by atoms with Gasteiger partial charge in [0, 0.05) is 43.6 Å². The van der Waals surface area contributed by atoms with Gasteiger partial charge in [-0.05, 0) is 33.8 Å². The van der Waals surface area contributed by atoms with Crippen LogP contribution in [0.2, 0.25) is 0 Å². The van der Waals surface area contributed by atoms with Crippen molar-refractivity contribution in [3.63, 3.8) is 0 Å². The fourth-order valence-electron chi connectivity index (χ4n) is 3.16. The van der Waals surface area contributed by atoms with Crippen LogP contribution in [0.1, 0.15) is 31.7 Å². The van der Waals surface area contributed by atoms with Crippen molar-refractivity contribution in [1.29, 1.82) is 0 Å². The summed E-state index contributed by atoms with van der Waals surface area (Å²) in [4.78, 5) is 42.1. The molecular formula is C17H27N5O3. The Labute approximate surface area is 147 Å². The molecule has 2 amide bonds. The molecule has 0 radical (unpaired) electrons. The van der Waals surface area contributed by atoms with Crippen molar-refractivity contribution < 1.29 is 9.59 Å². The van der Waals surface area contributed by atoms with E-state index < -0.39 is 6.04 Å². The second-order valence-corrected chi connectivity index (χ2v) is 6.67. The number of hydrogen-bond donors (Lipinski definition) is 2. The molecule has 1 aliphatic rings. The maximum absolute atomic E-state index is 12.2. The van der Waals surface area contributed by atoms with Crippen molar-refractivity contribution in [1.82, 2.24) is 25.1 Å².